The second-order valence-corrected chi connectivity index (χ2v) is 5.61. The molecule has 0 atom stereocenters. The van der Waals surface area contributed by atoms with Crippen molar-refractivity contribution in [3.63, 3.8) is 0 Å². The molecule has 1 aromatic carbocycles. The highest BCUT2D eigenvalue weighted by atomic mass is 32.1. The first kappa shape index (κ1) is 15.3. The van der Waals surface area contributed by atoms with E-state index in [1.807, 2.05) is 43.5 Å². The van der Waals surface area contributed by atoms with Gasteiger partial charge in [0.2, 0.25) is 0 Å². The highest BCUT2D eigenvalue weighted by Gasteiger charge is 2.12. The predicted molar refractivity (Wildman–Crippen MR) is 86.8 cm³/mol. The number of amides is 1. The van der Waals surface area contributed by atoms with Gasteiger partial charge >= 0.3 is 0 Å². The van der Waals surface area contributed by atoms with Gasteiger partial charge in [0.1, 0.15) is 4.88 Å². The fourth-order valence-corrected chi connectivity index (χ4v) is 2.55. The number of thiophene rings is 1. The van der Waals surface area contributed by atoms with E-state index in [0.717, 1.165) is 11.3 Å². The molecule has 0 radical (unpaired) electrons. The van der Waals surface area contributed by atoms with Gasteiger partial charge in [-0.1, -0.05) is 17.9 Å². The summed E-state index contributed by atoms with van der Waals surface area (Å²) in [5, 5.41) is 13.5. The Morgan fingerprint density at radius 3 is 2.81 bits per heavy atom. The van der Waals surface area contributed by atoms with Crippen LogP contribution in [-0.4, -0.2) is 17.6 Å². The molecule has 21 heavy (non-hydrogen) atoms. The number of rotatable bonds is 3. The lowest BCUT2D eigenvalue weighted by Crippen LogP contribution is -2.11. The third kappa shape index (κ3) is 3.94. The Bertz CT molecular complexity index is 707. The molecule has 0 unspecified atom stereocenters. The quantitative estimate of drug-likeness (QED) is 0.854. The third-order valence-corrected chi connectivity index (χ3v) is 4.01. The summed E-state index contributed by atoms with van der Waals surface area (Å²) in [7, 11) is 0. The van der Waals surface area contributed by atoms with Gasteiger partial charge in [-0.15, -0.1) is 11.3 Å². The molecule has 0 fully saturated rings. The van der Waals surface area contributed by atoms with Crippen molar-refractivity contribution in [2.75, 3.05) is 11.9 Å². The van der Waals surface area contributed by atoms with Crippen LogP contribution in [0, 0.1) is 25.7 Å². The minimum absolute atomic E-state index is 0.0291. The molecular weight excluding hydrogens is 282 g/mol. The van der Waals surface area contributed by atoms with Crippen molar-refractivity contribution in [1.29, 1.82) is 0 Å². The lowest BCUT2D eigenvalue weighted by atomic mass is 10.1. The number of carbonyl (C=O) groups is 1. The molecule has 108 valence electrons. The molecule has 0 spiro atoms. The Balaban J connectivity index is 2.16. The highest BCUT2D eigenvalue weighted by molar-refractivity contribution is 7.12. The Hall–Kier alpha value is -2.09. The SMILES string of the molecule is Cc1ccc(NC(=O)c2sccc2C#CCCO)cc1C. The number of benzene rings is 1. The van der Waals surface area contributed by atoms with Crippen LogP contribution in [-0.2, 0) is 0 Å². The topological polar surface area (TPSA) is 49.3 Å². The normalized spacial score (nSPS) is 9.86. The summed E-state index contributed by atoms with van der Waals surface area (Å²) in [4.78, 5) is 12.9. The Morgan fingerprint density at radius 1 is 1.29 bits per heavy atom. The first-order valence-corrected chi connectivity index (χ1v) is 7.55. The zero-order valence-electron chi connectivity index (χ0n) is 12.1. The van der Waals surface area contributed by atoms with Gasteiger partial charge in [-0.25, -0.2) is 0 Å². The van der Waals surface area contributed by atoms with E-state index in [1.54, 1.807) is 0 Å². The smallest absolute Gasteiger partial charge is 0.267 e. The van der Waals surface area contributed by atoms with Crippen LogP contribution in [0.2, 0.25) is 0 Å². The van der Waals surface area contributed by atoms with Gasteiger partial charge in [-0.3, -0.25) is 4.79 Å². The highest BCUT2D eigenvalue weighted by Crippen LogP contribution is 2.19. The van der Waals surface area contributed by atoms with Crippen LogP contribution < -0.4 is 5.32 Å². The summed E-state index contributed by atoms with van der Waals surface area (Å²) < 4.78 is 0. The zero-order valence-corrected chi connectivity index (χ0v) is 12.9. The summed E-state index contributed by atoms with van der Waals surface area (Å²) in [6.07, 6.45) is 0.411. The number of anilines is 1. The van der Waals surface area contributed by atoms with Crippen molar-refractivity contribution >= 4 is 22.9 Å². The maximum Gasteiger partial charge on any atom is 0.267 e. The lowest BCUT2D eigenvalue weighted by molar-refractivity contribution is 0.103. The number of nitrogens with one attached hydrogen (secondary N) is 1. The van der Waals surface area contributed by atoms with Crippen LogP contribution in [0.25, 0.3) is 0 Å². The Kier molecular flexibility index (Phi) is 5.15. The van der Waals surface area contributed by atoms with Gasteiger partial charge in [0.25, 0.3) is 5.91 Å². The molecule has 2 rings (SSSR count). The summed E-state index contributed by atoms with van der Waals surface area (Å²) in [5.74, 6) is 5.61. The minimum Gasteiger partial charge on any atom is -0.395 e. The first-order valence-electron chi connectivity index (χ1n) is 6.67. The monoisotopic (exact) mass is 299 g/mol. The maximum absolute atomic E-state index is 12.3. The second kappa shape index (κ2) is 7.07. The van der Waals surface area contributed by atoms with Gasteiger partial charge in [-0.2, -0.15) is 0 Å². The number of aliphatic hydroxyl groups excluding tert-OH is 1. The molecule has 0 aliphatic heterocycles. The maximum atomic E-state index is 12.3. The second-order valence-electron chi connectivity index (χ2n) is 4.69. The first-order chi connectivity index (χ1) is 10.1. The number of carbonyl (C=O) groups excluding carboxylic acids is 1. The van der Waals surface area contributed by atoms with Crippen LogP contribution in [0.3, 0.4) is 0 Å². The predicted octanol–water partition coefficient (Wildman–Crippen LogP) is 3.35. The average molecular weight is 299 g/mol. The molecular formula is C17H17NO2S. The Labute approximate surface area is 128 Å². The van der Waals surface area contributed by atoms with Gasteiger partial charge in [0, 0.05) is 17.7 Å². The molecule has 2 N–H and O–H groups in total. The molecule has 0 aliphatic carbocycles. The fraction of sp³-hybridized carbons (Fsp3) is 0.235. The Morgan fingerprint density at radius 2 is 2.10 bits per heavy atom. The van der Waals surface area contributed by atoms with Crippen LogP contribution in [0.1, 0.15) is 32.8 Å². The minimum atomic E-state index is -0.151. The van der Waals surface area contributed by atoms with Crippen molar-refractivity contribution in [3.8, 4) is 11.8 Å². The van der Waals surface area contributed by atoms with E-state index < -0.39 is 0 Å². The average Bonchev–Trinajstić information content (AvgIpc) is 2.92. The van der Waals surface area contributed by atoms with Crippen LogP contribution in [0.15, 0.2) is 29.6 Å². The van der Waals surface area contributed by atoms with Crippen LogP contribution in [0.4, 0.5) is 5.69 Å². The largest absolute Gasteiger partial charge is 0.395 e. The molecule has 0 saturated heterocycles. The van der Waals surface area contributed by atoms with E-state index in [0.29, 0.717) is 16.9 Å². The fourth-order valence-electron chi connectivity index (χ4n) is 1.80. The van der Waals surface area contributed by atoms with E-state index in [-0.39, 0.29) is 12.5 Å². The van der Waals surface area contributed by atoms with E-state index in [9.17, 15) is 4.79 Å². The van der Waals surface area contributed by atoms with Gasteiger partial charge in [0.05, 0.1) is 6.61 Å². The van der Waals surface area contributed by atoms with E-state index in [2.05, 4.69) is 17.2 Å². The summed E-state index contributed by atoms with van der Waals surface area (Å²) in [6, 6.07) is 7.66. The molecule has 1 heterocycles. The third-order valence-electron chi connectivity index (χ3n) is 3.10. The number of aryl methyl sites for hydroxylation is 2. The van der Waals surface area contributed by atoms with E-state index in [4.69, 9.17) is 5.11 Å². The van der Waals surface area contributed by atoms with Gasteiger partial charge < -0.3 is 10.4 Å². The molecule has 2 aromatic rings. The lowest BCUT2D eigenvalue weighted by Gasteiger charge is -2.07. The van der Waals surface area contributed by atoms with E-state index in [1.165, 1.54) is 16.9 Å². The van der Waals surface area contributed by atoms with Crippen molar-refractivity contribution in [1.82, 2.24) is 0 Å². The number of hydrogen-bond acceptors (Lipinski definition) is 3. The summed E-state index contributed by atoms with van der Waals surface area (Å²) >= 11 is 1.37. The molecule has 0 bridgehead atoms. The molecule has 3 nitrogen and oxygen atoms in total. The van der Waals surface area contributed by atoms with Gasteiger partial charge in [-0.05, 0) is 48.6 Å². The standard InChI is InChI=1S/C17H17NO2S/c1-12-6-7-15(11-13(12)2)18-17(20)16-14(8-10-21-16)5-3-4-9-19/h6-8,10-11,19H,4,9H2,1-2H3,(H,18,20). The van der Waals surface area contributed by atoms with Crippen LogP contribution in [0.5, 0.6) is 0 Å². The van der Waals surface area contributed by atoms with Crippen molar-refractivity contribution < 1.29 is 9.90 Å². The summed E-state index contributed by atoms with van der Waals surface area (Å²) in [6.45, 7) is 4.08. The molecule has 1 aromatic heterocycles. The molecule has 4 heteroatoms. The van der Waals surface area contributed by atoms with Gasteiger partial charge in [0.15, 0.2) is 0 Å². The number of aliphatic hydroxyl groups is 1. The van der Waals surface area contributed by atoms with E-state index >= 15 is 0 Å². The van der Waals surface area contributed by atoms with Crippen molar-refractivity contribution in [2.45, 2.75) is 20.3 Å². The van der Waals surface area contributed by atoms with Crippen LogP contribution >= 0.6 is 11.3 Å². The zero-order chi connectivity index (χ0) is 15.2. The summed E-state index contributed by atoms with van der Waals surface area (Å²) in [5.41, 5.74) is 3.82. The van der Waals surface area contributed by atoms with Crippen molar-refractivity contribution in [3.05, 3.63) is 51.2 Å². The number of hydrogen-bond donors (Lipinski definition) is 2. The molecule has 1 amide bonds. The molecule has 0 aliphatic rings. The van der Waals surface area contributed by atoms with Crippen molar-refractivity contribution in [2.24, 2.45) is 0 Å². The molecule has 0 saturated carbocycles.